The fourth-order valence-corrected chi connectivity index (χ4v) is 4.85. The molecule has 29 heavy (non-hydrogen) atoms. The third-order valence-electron chi connectivity index (χ3n) is 5.33. The largest absolute Gasteiger partial charge is 0.464 e. The van der Waals surface area contributed by atoms with E-state index in [9.17, 15) is 9.59 Å². The van der Waals surface area contributed by atoms with Crippen molar-refractivity contribution in [3.8, 4) is 0 Å². The maximum atomic E-state index is 12.9. The average molecular weight is 409 g/mol. The van der Waals surface area contributed by atoms with Crippen molar-refractivity contribution in [3.05, 3.63) is 65.0 Å². The first kappa shape index (κ1) is 19.6. The molecule has 2 aromatic carbocycles. The van der Waals surface area contributed by atoms with Gasteiger partial charge in [-0.3, -0.25) is 4.79 Å². The smallest absolute Gasteiger partial charge is 0.329 e. The van der Waals surface area contributed by atoms with E-state index >= 15 is 0 Å². The summed E-state index contributed by atoms with van der Waals surface area (Å²) in [6.45, 7) is 4.07. The number of fused-ring (bicyclic) bond motifs is 1. The summed E-state index contributed by atoms with van der Waals surface area (Å²) in [6, 6.07) is 17.4. The number of ether oxygens (including phenoxy) is 1. The molecule has 0 spiro atoms. The Morgan fingerprint density at radius 2 is 1.86 bits per heavy atom. The van der Waals surface area contributed by atoms with Crippen molar-refractivity contribution in [1.82, 2.24) is 4.57 Å². The minimum absolute atomic E-state index is 0.0845. The molecule has 0 radical (unpaired) electrons. The van der Waals surface area contributed by atoms with Crippen LogP contribution in [0.15, 0.2) is 59.6 Å². The van der Waals surface area contributed by atoms with Crippen LogP contribution in [0.25, 0.3) is 10.2 Å². The molecule has 1 heterocycles. The van der Waals surface area contributed by atoms with Gasteiger partial charge < -0.3 is 9.30 Å². The second-order valence-electron chi connectivity index (χ2n) is 7.21. The standard InChI is InChI=1S/C23H24N2O3S/c1-3-18(22(27)28-4-2)25-19-12-8-9-13-20(19)29-23(25)24-21(26)17-14-16(17)15-10-6-5-7-11-15/h5-13,16-18H,3-4,14H2,1-2H3/b24-23+. The third-order valence-corrected chi connectivity index (χ3v) is 6.37. The lowest BCUT2D eigenvalue weighted by atomic mass is 10.1. The molecular weight excluding hydrogens is 384 g/mol. The molecule has 1 aliphatic carbocycles. The highest BCUT2D eigenvalue weighted by Gasteiger charge is 2.44. The van der Waals surface area contributed by atoms with Gasteiger partial charge in [0.2, 0.25) is 0 Å². The molecule has 3 unspecified atom stereocenters. The van der Waals surface area contributed by atoms with Crippen LogP contribution in [-0.4, -0.2) is 23.1 Å². The van der Waals surface area contributed by atoms with E-state index in [1.165, 1.54) is 16.9 Å². The number of amides is 1. The summed E-state index contributed by atoms with van der Waals surface area (Å²) in [7, 11) is 0. The van der Waals surface area contributed by atoms with Gasteiger partial charge in [-0.1, -0.05) is 60.7 Å². The van der Waals surface area contributed by atoms with Gasteiger partial charge in [-0.05, 0) is 43.4 Å². The summed E-state index contributed by atoms with van der Waals surface area (Å²) in [5.74, 6) is -0.250. The van der Waals surface area contributed by atoms with Crippen LogP contribution >= 0.6 is 11.3 Å². The van der Waals surface area contributed by atoms with Crippen LogP contribution < -0.4 is 4.80 Å². The van der Waals surface area contributed by atoms with Gasteiger partial charge in [-0.15, -0.1) is 0 Å². The summed E-state index contributed by atoms with van der Waals surface area (Å²) >= 11 is 1.44. The molecule has 3 atom stereocenters. The number of rotatable bonds is 6. The Kier molecular flexibility index (Phi) is 5.62. The van der Waals surface area contributed by atoms with Gasteiger partial charge >= 0.3 is 5.97 Å². The van der Waals surface area contributed by atoms with Gasteiger partial charge in [-0.25, -0.2) is 4.79 Å². The van der Waals surface area contributed by atoms with Crippen LogP contribution in [-0.2, 0) is 14.3 Å². The van der Waals surface area contributed by atoms with Gasteiger partial charge in [0.25, 0.3) is 5.91 Å². The highest BCUT2D eigenvalue weighted by Crippen LogP contribution is 2.48. The Hall–Kier alpha value is -2.73. The number of esters is 1. The number of hydrogen-bond donors (Lipinski definition) is 0. The Labute approximate surface area is 173 Å². The van der Waals surface area contributed by atoms with Crippen LogP contribution in [0.1, 0.15) is 44.2 Å². The Bertz CT molecular complexity index is 1100. The summed E-state index contributed by atoms with van der Waals surface area (Å²) in [5, 5.41) is 0. The fraction of sp³-hybridized carbons (Fsp3) is 0.348. The molecule has 6 heteroatoms. The summed E-state index contributed by atoms with van der Waals surface area (Å²) in [5.41, 5.74) is 2.09. The van der Waals surface area contributed by atoms with E-state index < -0.39 is 6.04 Å². The number of para-hydroxylation sites is 1. The quantitative estimate of drug-likeness (QED) is 0.566. The van der Waals surface area contributed by atoms with Crippen LogP contribution in [0, 0.1) is 5.92 Å². The monoisotopic (exact) mass is 408 g/mol. The minimum atomic E-state index is -0.498. The predicted molar refractivity (Wildman–Crippen MR) is 114 cm³/mol. The molecule has 5 nitrogen and oxygen atoms in total. The van der Waals surface area contributed by atoms with E-state index in [1.54, 1.807) is 6.92 Å². The molecule has 1 fully saturated rings. The Morgan fingerprint density at radius 3 is 2.59 bits per heavy atom. The Balaban J connectivity index is 1.72. The lowest BCUT2D eigenvalue weighted by Crippen LogP contribution is -2.29. The average Bonchev–Trinajstić information content (AvgIpc) is 3.47. The van der Waals surface area contributed by atoms with Crippen molar-refractivity contribution in [2.24, 2.45) is 10.9 Å². The van der Waals surface area contributed by atoms with Crippen molar-refractivity contribution in [2.45, 2.75) is 38.6 Å². The minimum Gasteiger partial charge on any atom is -0.464 e. The zero-order valence-electron chi connectivity index (χ0n) is 16.6. The summed E-state index contributed by atoms with van der Waals surface area (Å²) < 4.78 is 8.15. The van der Waals surface area contributed by atoms with Crippen LogP contribution in [0.5, 0.6) is 0 Å². The van der Waals surface area contributed by atoms with Gasteiger partial charge in [0.15, 0.2) is 4.80 Å². The number of carbonyl (C=O) groups excluding carboxylic acids is 2. The number of carbonyl (C=O) groups is 2. The normalized spacial score (nSPS) is 19.9. The van der Waals surface area contributed by atoms with E-state index in [2.05, 4.69) is 17.1 Å². The first-order valence-electron chi connectivity index (χ1n) is 10.0. The molecule has 150 valence electrons. The molecule has 0 bridgehead atoms. The maximum Gasteiger partial charge on any atom is 0.329 e. The topological polar surface area (TPSA) is 60.7 Å². The fourth-order valence-electron chi connectivity index (χ4n) is 3.78. The van der Waals surface area contributed by atoms with E-state index in [-0.39, 0.29) is 23.7 Å². The predicted octanol–water partition coefficient (Wildman–Crippen LogP) is 4.45. The lowest BCUT2D eigenvalue weighted by molar-refractivity contribution is -0.147. The molecule has 0 aliphatic heterocycles. The maximum absolute atomic E-state index is 12.9. The van der Waals surface area contributed by atoms with Gasteiger partial charge in [0.1, 0.15) is 6.04 Å². The molecule has 3 aromatic rings. The van der Waals surface area contributed by atoms with E-state index in [1.807, 2.05) is 54.0 Å². The van der Waals surface area contributed by atoms with Crippen molar-refractivity contribution < 1.29 is 14.3 Å². The number of thiazole rings is 1. The second-order valence-corrected chi connectivity index (χ2v) is 8.22. The molecule has 0 saturated heterocycles. The van der Waals surface area contributed by atoms with Gasteiger partial charge in [0.05, 0.1) is 16.8 Å². The number of benzene rings is 2. The molecule has 1 aromatic heterocycles. The molecule has 4 rings (SSSR count). The SMILES string of the molecule is CCOC(=O)C(CC)n1/c(=N\C(=O)C2CC2c2ccccc2)sc2ccccc21. The van der Waals surface area contributed by atoms with Gasteiger partial charge in [-0.2, -0.15) is 4.99 Å². The molecule has 1 saturated carbocycles. The van der Waals surface area contributed by atoms with Crippen molar-refractivity contribution >= 4 is 33.4 Å². The lowest BCUT2D eigenvalue weighted by Gasteiger charge is -2.16. The second kappa shape index (κ2) is 8.33. The highest BCUT2D eigenvalue weighted by atomic mass is 32.1. The molecule has 1 aliphatic rings. The van der Waals surface area contributed by atoms with Crippen molar-refractivity contribution in [2.75, 3.05) is 6.61 Å². The first-order valence-corrected chi connectivity index (χ1v) is 10.9. The van der Waals surface area contributed by atoms with E-state index in [0.29, 0.717) is 17.8 Å². The van der Waals surface area contributed by atoms with Crippen molar-refractivity contribution in [1.29, 1.82) is 0 Å². The first-order chi connectivity index (χ1) is 14.1. The number of nitrogens with zero attached hydrogens (tertiary/aromatic N) is 2. The zero-order chi connectivity index (χ0) is 20.4. The van der Waals surface area contributed by atoms with Crippen LogP contribution in [0.2, 0.25) is 0 Å². The van der Waals surface area contributed by atoms with Crippen LogP contribution in [0.3, 0.4) is 0 Å². The van der Waals surface area contributed by atoms with E-state index in [0.717, 1.165) is 16.6 Å². The van der Waals surface area contributed by atoms with Crippen LogP contribution in [0.4, 0.5) is 0 Å². The highest BCUT2D eigenvalue weighted by molar-refractivity contribution is 7.16. The van der Waals surface area contributed by atoms with E-state index in [4.69, 9.17) is 4.74 Å². The molecular formula is C23H24N2O3S. The summed E-state index contributed by atoms with van der Waals surface area (Å²) in [6.07, 6.45) is 1.39. The molecule has 1 amide bonds. The zero-order valence-corrected chi connectivity index (χ0v) is 17.4. The van der Waals surface area contributed by atoms with Crippen molar-refractivity contribution in [3.63, 3.8) is 0 Å². The molecule has 0 N–H and O–H groups in total. The number of hydrogen-bond acceptors (Lipinski definition) is 4. The Morgan fingerprint density at radius 1 is 1.14 bits per heavy atom. The number of aromatic nitrogens is 1. The third kappa shape index (κ3) is 3.90. The van der Waals surface area contributed by atoms with Gasteiger partial charge in [0, 0.05) is 5.92 Å². The summed E-state index contributed by atoms with van der Waals surface area (Å²) in [4.78, 5) is 30.5.